The third kappa shape index (κ3) is 2.30. The lowest BCUT2D eigenvalue weighted by Gasteiger charge is -2.21. The van der Waals surface area contributed by atoms with Crippen LogP contribution < -0.4 is 4.90 Å². The van der Waals surface area contributed by atoms with E-state index < -0.39 is 0 Å². The van der Waals surface area contributed by atoms with Gasteiger partial charge in [-0.05, 0) is 37.1 Å². The van der Waals surface area contributed by atoms with Crippen LogP contribution in [0.15, 0.2) is 59.4 Å². The second kappa shape index (κ2) is 5.35. The fraction of sp³-hybridized carbons (Fsp3) is 0.167. The van der Waals surface area contributed by atoms with Crippen molar-refractivity contribution >= 4 is 11.6 Å². The molecule has 0 aliphatic carbocycles. The van der Waals surface area contributed by atoms with Gasteiger partial charge in [0.1, 0.15) is 0 Å². The zero-order chi connectivity index (χ0) is 15.8. The third-order valence-corrected chi connectivity index (χ3v) is 4.10. The molecule has 1 atom stereocenters. The summed E-state index contributed by atoms with van der Waals surface area (Å²) in [5, 5.41) is 3.95. The molecule has 1 aromatic carbocycles. The van der Waals surface area contributed by atoms with Gasteiger partial charge in [-0.2, -0.15) is 0 Å². The van der Waals surface area contributed by atoms with Crippen molar-refractivity contribution in [1.29, 1.82) is 0 Å². The van der Waals surface area contributed by atoms with E-state index in [0.29, 0.717) is 11.5 Å². The van der Waals surface area contributed by atoms with E-state index in [-0.39, 0.29) is 11.9 Å². The van der Waals surface area contributed by atoms with Gasteiger partial charge < -0.3 is 9.42 Å². The number of hydrogen-bond acceptors (Lipinski definition) is 4. The largest absolute Gasteiger partial charge is 0.355 e. The first kappa shape index (κ1) is 13.7. The molecule has 0 unspecified atom stereocenters. The van der Waals surface area contributed by atoms with E-state index >= 15 is 0 Å². The van der Waals surface area contributed by atoms with Crippen LogP contribution in [0, 0.1) is 0 Å². The average Bonchev–Trinajstić information content (AvgIpc) is 3.19. The molecule has 0 saturated heterocycles. The molecule has 0 fully saturated rings. The number of anilines is 1. The highest BCUT2D eigenvalue weighted by atomic mass is 16.5. The molecule has 5 nitrogen and oxygen atoms in total. The molecule has 4 rings (SSSR count). The molecule has 1 aliphatic heterocycles. The third-order valence-electron chi connectivity index (χ3n) is 4.10. The van der Waals surface area contributed by atoms with Crippen LogP contribution in [0.5, 0.6) is 0 Å². The molecule has 1 aliphatic rings. The standard InChI is InChI=1S/C18H15N3O2/c1-12-9-13-5-2-3-7-16(13)21(12)18(22)15-10-17(23-20-15)14-6-4-8-19-11-14/h2-8,10-12H,9H2,1H3/t12-/m0/s1. The minimum absolute atomic E-state index is 0.110. The van der Waals surface area contributed by atoms with Crippen molar-refractivity contribution in [2.75, 3.05) is 4.90 Å². The van der Waals surface area contributed by atoms with Crippen LogP contribution in [0.2, 0.25) is 0 Å². The van der Waals surface area contributed by atoms with Gasteiger partial charge in [0.25, 0.3) is 5.91 Å². The Kier molecular flexibility index (Phi) is 3.19. The van der Waals surface area contributed by atoms with Crippen molar-refractivity contribution in [1.82, 2.24) is 10.1 Å². The minimum Gasteiger partial charge on any atom is -0.355 e. The maximum absolute atomic E-state index is 12.9. The number of para-hydroxylation sites is 1. The Morgan fingerprint density at radius 1 is 1.26 bits per heavy atom. The Morgan fingerprint density at radius 3 is 2.96 bits per heavy atom. The van der Waals surface area contributed by atoms with Gasteiger partial charge in [-0.15, -0.1) is 0 Å². The molecule has 1 amide bonds. The number of nitrogens with zero attached hydrogens (tertiary/aromatic N) is 3. The van der Waals surface area contributed by atoms with Crippen molar-refractivity contribution in [3.63, 3.8) is 0 Å². The first-order valence-electron chi connectivity index (χ1n) is 7.52. The molecule has 0 saturated carbocycles. The quantitative estimate of drug-likeness (QED) is 0.728. The van der Waals surface area contributed by atoms with Gasteiger partial charge >= 0.3 is 0 Å². The minimum atomic E-state index is -0.138. The highest BCUT2D eigenvalue weighted by Gasteiger charge is 2.32. The van der Waals surface area contributed by atoms with E-state index in [4.69, 9.17) is 4.52 Å². The summed E-state index contributed by atoms with van der Waals surface area (Å²) in [5.74, 6) is 0.405. The van der Waals surface area contributed by atoms with Crippen molar-refractivity contribution in [3.8, 4) is 11.3 Å². The highest BCUT2D eigenvalue weighted by Crippen LogP contribution is 2.33. The van der Waals surface area contributed by atoms with Crippen LogP contribution in [0.3, 0.4) is 0 Å². The van der Waals surface area contributed by atoms with Crippen molar-refractivity contribution in [2.24, 2.45) is 0 Å². The predicted octanol–water partition coefficient (Wildman–Crippen LogP) is 3.33. The molecule has 5 heteroatoms. The van der Waals surface area contributed by atoms with Crippen LogP contribution in [0.1, 0.15) is 23.0 Å². The normalized spacial score (nSPS) is 16.4. The van der Waals surface area contributed by atoms with Gasteiger partial charge in [0.15, 0.2) is 11.5 Å². The van der Waals surface area contributed by atoms with Crippen molar-refractivity contribution in [2.45, 2.75) is 19.4 Å². The van der Waals surface area contributed by atoms with Crippen LogP contribution in [0.4, 0.5) is 5.69 Å². The van der Waals surface area contributed by atoms with E-state index in [1.807, 2.05) is 37.3 Å². The number of pyridine rings is 1. The molecule has 3 heterocycles. The number of aromatic nitrogens is 2. The second-order valence-corrected chi connectivity index (χ2v) is 5.68. The summed E-state index contributed by atoms with van der Waals surface area (Å²) in [6.07, 6.45) is 4.23. The zero-order valence-electron chi connectivity index (χ0n) is 12.6. The Hall–Kier alpha value is -2.95. The van der Waals surface area contributed by atoms with Crippen molar-refractivity contribution in [3.05, 3.63) is 66.1 Å². The molecule has 23 heavy (non-hydrogen) atoms. The summed E-state index contributed by atoms with van der Waals surface area (Å²) in [6.45, 7) is 2.04. The fourth-order valence-corrected chi connectivity index (χ4v) is 3.02. The van der Waals surface area contributed by atoms with E-state index in [2.05, 4.69) is 16.2 Å². The molecule has 3 aromatic rings. The lowest BCUT2D eigenvalue weighted by Crippen LogP contribution is -2.35. The summed E-state index contributed by atoms with van der Waals surface area (Å²) in [6, 6.07) is 13.4. The summed E-state index contributed by atoms with van der Waals surface area (Å²) in [7, 11) is 0. The summed E-state index contributed by atoms with van der Waals surface area (Å²) in [5.41, 5.74) is 3.25. The summed E-state index contributed by atoms with van der Waals surface area (Å²) in [4.78, 5) is 18.7. The number of amides is 1. The molecule has 114 valence electrons. The Balaban J connectivity index is 1.67. The van der Waals surface area contributed by atoms with Gasteiger partial charge in [0.05, 0.1) is 0 Å². The van der Waals surface area contributed by atoms with E-state index in [9.17, 15) is 4.79 Å². The lowest BCUT2D eigenvalue weighted by molar-refractivity contribution is 0.0973. The molecule has 0 N–H and O–H groups in total. The molecule has 0 spiro atoms. The maximum atomic E-state index is 12.9. The first-order valence-corrected chi connectivity index (χ1v) is 7.52. The van der Waals surface area contributed by atoms with Gasteiger partial charge in [-0.1, -0.05) is 23.4 Å². The summed E-state index contributed by atoms with van der Waals surface area (Å²) >= 11 is 0. The SMILES string of the molecule is C[C@H]1Cc2ccccc2N1C(=O)c1cc(-c2cccnc2)on1. The average molecular weight is 305 g/mol. The fourth-order valence-electron chi connectivity index (χ4n) is 3.02. The van der Waals surface area contributed by atoms with Crippen LogP contribution >= 0.6 is 0 Å². The maximum Gasteiger partial charge on any atom is 0.280 e. The van der Waals surface area contributed by atoms with Gasteiger partial charge in [-0.3, -0.25) is 9.78 Å². The van der Waals surface area contributed by atoms with Crippen LogP contribution in [-0.4, -0.2) is 22.1 Å². The number of hydrogen-bond donors (Lipinski definition) is 0. The smallest absolute Gasteiger partial charge is 0.280 e. The summed E-state index contributed by atoms with van der Waals surface area (Å²) < 4.78 is 5.32. The van der Waals surface area contributed by atoms with Gasteiger partial charge in [0.2, 0.25) is 0 Å². The van der Waals surface area contributed by atoms with E-state index in [1.165, 1.54) is 5.56 Å². The lowest BCUT2D eigenvalue weighted by atomic mass is 10.1. The molecule has 2 aromatic heterocycles. The predicted molar refractivity (Wildman–Crippen MR) is 86.2 cm³/mol. The van der Waals surface area contributed by atoms with Gasteiger partial charge in [-0.25, -0.2) is 0 Å². The zero-order valence-corrected chi connectivity index (χ0v) is 12.6. The molecular weight excluding hydrogens is 290 g/mol. The van der Waals surface area contributed by atoms with E-state index in [1.54, 1.807) is 23.4 Å². The monoisotopic (exact) mass is 305 g/mol. The van der Waals surface area contributed by atoms with Crippen molar-refractivity contribution < 1.29 is 9.32 Å². The molecule has 0 bridgehead atoms. The number of carbonyl (C=O) groups is 1. The first-order chi connectivity index (χ1) is 11.2. The highest BCUT2D eigenvalue weighted by molar-refractivity contribution is 6.06. The van der Waals surface area contributed by atoms with Crippen LogP contribution in [0.25, 0.3) is 11.3 Å². The van der Waals surface area contributed by atoms with Gasteiger partial charge in [0, 0.05) is 35.8 Å². The number of rotatable bonds is 2. The Bertz CT molecular complexity index is 857. The Morgan fingerprint density at radius 2 is 2.13 bits per heavy atom. The van der Waals surface area contributed by atoms with Crippen LogP contribution in [-0.2, 0) is 6.42 Å². The molecular formula is C18H15N3O2. The number of fused-ring (bicyclic) bond motifs is 1. The van der Waals surface area contributed by atoms with E-state index in [0.717, 1.165) is 17.7 Å². The molecule has 0 radical (unpaired) electrons. The number of carbonyl (C=O) groups excluding carboxylic acids is 1. The number of benzene rings is 1. The second-order valence-electron chi connectivity index (χ2n) is 5.68. The topological polar surface area (TPSA) is 59.2 Å². The Labute approximate surface area is 133 Å².